The first-order valence-corrected chi connectivity index (χ1v) is 4.66. The number of hydrogen-bond donors (Lipinski definition) is 1. The summed E-state index contributed by atoms with van der Waals surface area (Å²) in [7, 11) is 0. The summed E-state index contributed by atoms with van der Waals surface area (Å²) in [6.45, 7) is 1.91. The van der Waals surface area contributed by atoms with Crippen LogP contribution in [0.2, 0.25) is 0 Å². The van der Waals surface area contributed by atoms with Gasteiger partial charge in [0.1, 0.15) is 11.3 Å². The molecule has 0 bridgehead atoms. The van der Waals surface area contributed by atoms with Gasteiger partial charge < -0.3 is 5.73 Å². The third-order valence-electron chi connectivity index (χ3n) is 1.89. The highest BCUT2D eigenvalue weighted by Crippen LogP contribution is 2.27. The molecule has 0 fully saturated rings. The van der Waals surface area contributed by atoms with Gasteiger partial charge in [-0.05, 0) is 35.0 Å². The van der Waals surface area contributed by atoms with Crippen LogP contribution in [-0.4, -0.2) is 9.97 Å². The summed E-state index contributed by atoms with van der Waals surface area (Å²) in [5.41, 5.74) is 7.37. The number of fused-ring (bicyclic) bond motifs is 1. The van der Waals surface area contributed by atoms with Crippen LogP contribution in [0.3, 0.4) is 0 Å². The zero-order chi connectivity index (χ0) is 9.42. The lowest BCUT2D eigenvalue weighted by atomic mass is 10.2. The van der Waals surface area contributed by atoms with E-state index in [1.54, 1.807) is 6.20 Å². The highest BCUT2D eigenvalue weighted by atomic mass is 79.9. The summed E-state index contributed by atoms with van der Waals surface area (Å²) in [5, 5.41) is 1.01. The number of halogens is 1. The Balaban J connectivity index is 2.97. The van der Waals surface area contributed by atoms with E-state index < -0.39 is 0 Å². The molecule has 2 rings (SSSR count). The van der Waals surface area contributed by atoms with Crippen LogP contribution < -0.4 is 5.73 Å². The maximum Gasteiger partial charge on any atom is 0.150 e. The van der Waals surface area contributed by atoms with E-state index in [0.717, 1.165) is 21.1 Å². The SMILES string of the molecule is Cc1nc(N)c2ncccc2c1Br. The minimum atomic E-state index is 0.483. The van der Waals surface area contributed by atoms with Crippen molar-refractivity contribution >= 4 is 32.7 Å². The van der Waals surface area contributed by atoms with Crippen molar-refractivity contribution in [2.45, 2.75) is 6.92 Å². The van der Waals surface area contributed by atoms with Gasteiger partial charge in [0.05, 0.1) is 5.69 Å². The normalized spacial score (nSPS) is 10.6. The molecular formula is C9H8BrN3. The van der Waals surface area contributed by atoms with Crippen molar-refractivity contribution in [1.82, 2.24) is 9.97 Å². The number of rotatable bonds is 0. The Morgan fingerprint density at radius 3 is 3.00 bits per heavy atom. The van der Waals surface area contributed by atoms with Gasteiger partial charge in [-0.3, -0.25) is 4.98 Å². The van der Waals surface area contributed by atoms with Gasteiger partial charge in [-0.1, -0.05) is 0 Å². The Labute approximate surface area is 84.1 Å². The number of nitrogens with two attached hydrogens (primary N) is 1. The zero-order valence-electron chi connectivity index (χ0n) is 7.08. The Kier molecular flexibility index (Phi) is 1.92. The smallest absolute Gasteiger partial charge is 0.150 e. The monoisotopic (exact) mass is 237 g/mol. The standard InChI is InChI=1S/C9H8BrN3/c1-5-7(10)6-3-2-4-12-8(6)9(11)13-5/h2-4H,1H3,(H2,11,13). The fraction of sp³-hybridized carbons (Fsp3) is 0.111. The first-order chi connectivity index (χ1) is 6.20. The second-order valence-corrected chi connectivity index (χ2v) is 3.59. The number of pyridine rings is 2. The molecule has 66 valence electrons. The highest BCUT2D eigenvalue weighted by molar-refractivity contribution is 9.10. The first-order valence-electron chi connectivity index (χ1n) is 3.86. The Morgan fingerprint density at radius 1 is 1.46 bits per heavy atom. The summed E-state index contributed by atoms with van der Waals surface area (Å²) in [4.78, 5) is 8.33. The summed E-state index contributed by atoms with van der Waals surface area (Å²) in [5.74, 6) is 0.483. The van der Waals surface area contributed by atoms with Crippen LogP contribution in [0, 0.1) is 6.92 Å². The minimum Gasteiger partial charge on any atom is -0.382 e. The molecule has 4 heteroatoms. The van der Waals surface area contributed by atoms with Crippen LogP contribution in [0.1, 0.15) is 5.69 Å². The Hall–Kier alpha value is -1.16. The van der Waals surface area contributed by atoms with Crippen molar-refractivity contribution in [1.29, 1.82) is 0 Å². The molecule has 0 aromatic carbocycles. The number of nitrogens with zero attached hydrogens (tertiary/aromatic N) is 2. The van der Waals surface area contributed by atoms with Gasteiger partial charge in [0.2, 0.25) is 0 Å². The van der Waals surface area contributed by atoms with Crippen molar-refractivity contribution in [3.05, 3.63) is 28.5 Å². The van der Waals surface area contributed by atoms with Gasteiger partial charge in [-0.2, -0.15) is 0 Å². The number of nitrogen functional groups attached to an aromatic ring is 1. The minimum absolute atomic E-state index is 0.483. The molecule has 0 saturated heterocycles. The first kappa shape index (κ1) is 8.44. The topological polar surface area (TPSA) is 51.8 Å². The van der Waals surface area contributed by atoms with E-state index in [4.69, 9.17) is 5.73 Å². The molecular weight excluding hydrogens is 230 g/mol. The van der Waals surface area contributed by atoms with Crippen LogP contribution in [-0.2, 0) is 0 Å². The fourth-order valence-corrected chi connectivity index (χ4v) is 1.67. The van der Waals surface area contributed by atoms with Crippen molar-refractivity contribution < 1.29 is 0 Å². The van der Waals surface area contributed by atoms with Crippen molar-refractivity contribution in [3.8, 4) is 0 Å². The lowest BCUT2D eigenvalue weighted by Gasteiger charge is -2.04. The number of aryl methyl sites for hydroxylation is 1. The molecule has 2 aromatic heterocycles. The maximum absolute atomic E-state index is 5.73. The van der Waals surface area contributed by atoms with Crippen LogP contribution in [0.4, 0.5) is 5.82 Å². The van der Waals surface area contributed by atoms with E-state index in [1.807, 2.05) is 19.1 Å². The molecule has 0 aliphatic carbocycles. The van der Waals surface area contributed by atoms with Crippen molar-refractivity contribution in [3.63, 3.8) is 0 Å². The van der Waals surface area contributed by atoms with Crippen molar-refractivity contribution in [2.24, 2.45) is 0 Å². The Morgan fingerprint density at radius 2 is 2.23 bits per heavy atom. The van der Waals surface area contributed by atoms with E-state index in [0.29, 0.717) is 5.82 Å². The summed E-state index contributed by atoms with van der Waals surface area (Å²) >= 11 is 3.46. The third-order valence-corrected chi connectivity index (χ3v) is 2.89. The molecule has 0 unspecified atom stereocenters. The second-order valence-electron chi connectivity index (χ2n) is 2.80. The van der Waals surface area contributed by atoms with Gasteiger partial charge in [-0.25, -0.2) is 4.98 Å². The Bertz CT molecular complexity index is 468. The van der Waals surface area contributed by atoms with Crippen LogP contribution in [0.5, 0.6) is 0 Å². The van der Waals surface area contributed by atoms with Crippen LogP contribution in [0.15, 0.2) is 22.8 Å². The largest absolute Gasteiger partial charge is 0.382 e. The molecule has 13 heavy (non-hydrogen) atoms. The maximum atomic E-state index is 5.73. The molecule has 3 nitrogen and oxygen atoms in total. The second kappa shape index (κ2) is 2.96. The van der Waals surface area contributed by atoms with Crippen LogP contribution >= 0.6 is 15.9 Å². The lowest BCUT2D eigenvalue weighted by Crippen LogP contribution is -1.96. The molecule has 0 atom stereocenters. The predicted molar refractivity (Wildman–Crippen MR) is 56.4 cm³/mol. The number of hydrogen-bond acceptors (Lipinski definition) is 3. The van der Waals surface area contributed by atoms with E-state index in [9.17, 15) is 0 Å². The average molecular weight is 238 g/mol. The summed E-state index contributed by atoms with van der Waals surface area (Å²) in [6.07, 6.45) is 1.71. The van der Waals surface area contributed by atoms with Crippen LogP contribution in [0.25, 0.3) is 10.9 Å². The summed E-state index contributed by atoms with van der Waals surface area (Å²) in [6, 6.07) is 3.85. The molecule has 2 heterocycles. The summed E-state index contributed by atoms with van der Waals surface area (Å²) < 4.78 is 0.963. The molecule has 2 aromatic rings. The molecule has 2 N–H and O–H groups in total. The lowest BCUT2D eigenvalue weighted by molar-refractivity contribution is 1.20. The van der Waals surface area contributed by atoms with Gasteiger partial charge in [0, 0.05) is 16.1 Å². The molecule has 0 spiro atoms. The number of aromatic nitrogens is 2. The van der Waals surface area contributed by atoms with E-state index in [-0.39, 0.29) is 0 Å². The molecule has 0 saturated carbocycles. The van der Waals surface area contributed by atoms with Gasteiger partial charge in [0.15, 0.2) is 0 Å². The van der Waals surface area contributed by atoms with Gasteiger partial charge >= 0.3 is 0 Å². The molecule has 0 aliphatic heterocycles. The quantitative estimate of drug-likeness (QED) is 0.765. The number of anilines is 1. The highest BCUT2D eigenvalue weighted by Gasteiger charge is 2.06. The molecule has 0 amide bonds. The predicted octanol–water partition coefficient (Wildman–Crippen LogP) is 2.28. The van der Waals surface area contributed by atoms with E-state index in [2.05, 4.69) is 25.9 Å². The molecule has 0 radical (unpaired) electrons. The van der Waals surface area contributed by atoms with Crippen molar-refractivity contribution in [2.75, 3.05) is 5.73 Å². The van der Waals surface area contributed by atoms with Gasteiger partial charge in [-0.15, -0.1) is 0 Å². The van der Waals surface area contributed by atoms with E-state index in [1.165, 1.54) is 0 Å². The molecule has 0 aliphatic rings. The average Bonchev–Trinajstić information content (AvgIpc) is 2.15. The third kappa shape index (κ3) is 1.27. The fourth-order valence-electron chi connectivity index (χ4n) is 1.26. The van der Waals surface area contributed by atoms with E-state index >= 15 is 0 Å². The van der Waals surface area contributed by atoms with Gasteiger partial charge in [0.25, 0.3) is 0 Å². The zero-order valence-corrected chi connectivity index (χ0v) is 8.67.